The highest BCUT2D eigenvalue weighted by molar-refractivity contribution is 5.93. The quantitative estimate of drug-likeness (QED) is 0.445. The maximum absolute atomic E-state index is 12.7. The Morgan fingerprint density at radius 1 is 1.19 bits per heavy atom. The van der Waals surface area contributed by atoms with Gasteiger partial charge in [0.25, 0.3) is 0 Å². The fourth-order valence-electron chi connectivity index (χ4n) is 4.85. The molecule has 1 aliphatic rings. The van der Waals surface area contributed by atoms with E-state index in [0.29, 0.717) is 31.5 Å². The monoisotopic (exact) mass is 504 g/mol. The maximum atomic E-state index is 12.7. The van der Waals surface area contributed by atoms with Crippen LogP contribution in [-0.4, -0.2) is 64.8 Å². The van der Waals surface area contributed by atoms with Gasteiger partial charge >= 0.3 is 0 Å². The summed E-state index contributed by atoms with van der Waals surface area (Å²) in [6.07, 6.45) is 3.62. The molecule has 1 amide bonds. The van der Waals surface area contributed by atoms with Crippen molar-refractivity contribution in [3.63, 3.8) is 0 Å². The molecule has 4 aromatic rings. The summed E-state index contributed by atoms with van der Waals surface area (Å²) in [5.41, 5.74) is 6.49. The van der Waals surface area contributed by atoms with Gasteiger partial charge in [-0.3, -0.25) is 19.6 Å². The molecule has 0 aromatic carbocycles. The molecule has 11 heteroatoms. The van der Waals surface area contributed by atoms with Crippen molar-refractivity contribution in [2.75, 3.05) is 13.2 Å². The molecule has 0 saturated heterocycles. The van der Waals surface area contributed by atoms with Gasteiger partial charge in [0.15, 0.2) is 0 Å². The van der Waals surface area contributed by atoms with Crippen LogP contribution in [0.15, 0.2) is 6.07 Å². The second-order valence-electron chi connectivity index (χ2n) is 9.40. The number of nitrogens with zero attached hydrogens (tertiary/aromatic N) is 7. The minimum atomic E-state index is -0.310. The van der Waals surface area contributed by atoms with E-state index in [4.69, 9.17) is 14.5 Å². The van der Waals surface area contributed by atoms with E-state index in [1.807, 2.05) is 60.0 Å². The Morgan fingerprint density at radius 3 is 2.70 bits per heavy atom. The summed E-state index contributed by atoms with van der Waals surface area (Å²) in [5.74, 6) is 1.06. The molecule has 0 radical (unpaired) electrons. The predicted octanol–water partition coefficient (Wildman–Crippen LogP) is 3.41. The third-order valence-electron chi connectivity index (χ3n) is 6.62. The summed E-state index contributed by atoms with van der Waals surface area (Å²) >= 11 is 0. The number of ether oxygens (including phenoxy) is 2. The van der Waals surface area contributed by atoms with Crippen molar-refractivity contribution in [1.29, 1.82) is 0 Å². The summed E-state index contributed by atoms with van der Waals surface area (Å²) < 4.78 is 15.8. The second kappa shape index (κ2) is 9.38. The number of H-pyrrole nitrogens is 1. The number of carbonyl (C=O) groups is 1. The molecule has 0 fully saturated rings. The van der Waals surface area contributed by atoms with E-state index < -0.39 is 0 Å². The number of aromatic nitrogens is 7. The van der Waals surface area contributed by atoms with E-state index in [9.17, 15) is 4.79 Å². The zero-order valence-corrected chi connectivity index (χ0v) is 22.3. The van der Waals surface area contributed by atoms with Crippen LogP contribution in [0.25, 0.3) is 34.3 Å². The van der Waals surface area contributed by atoms with Crippen LogP contribution in [0.4, 0.5) is 0 Å². The zero-order valence-electron chi connectivity index (χ0n) is 22.3. The van der Waals surface area contributed by atoms with Crippen LogP contribution in [0.5, 0.6) is 11.8 Å². The van der Waals surface area contributed by atoms with Crippen molar-refractivity contribution in [2.24, 2.45) is 14.1 Å². The number of rotatable bonds is 2. The molecule has 5 heterocycles. The Morgan fingerprint density at radius 2 is 1.97 bits per heavy atom. The summed E-state index contributed by atoms with van der Waals surface area (Å²) in [6, 6.07) is 2.02. The summed E-state index contributed by atoms with van der Waals surface area (Å²) in [7, 11) is 3.71. The first-order valence-electron chi connectivity index (χ1n) is 12.4. The first kappa shape index (κ1) is 24.5. The smallest absolute Gasteiger partial charge is 0.240 e. The lowest BCUT2D eigenvalue weighted by Crippen LogP contribution is -2.37. The van der Waals surface area contributed by atoms with Gasteiger partial charge in [-0.25, -0.2) is 4.68 Å². The number of pyridine rings is 1. The average molecular weight is 505 g/mol. The molecule has 11 nitrogen and oxygen atoms in total. The number of hydrogen-bond acceptors (Lipinski definition) is 7. The second-order valence-corrected chi connectivity index (χ2v) is 9.40. The van der Waals surface area contributed by atoms with Crippen molar-refractivity contribution in [3.05, 3.63) is 34.4 Å². The van der Waals surface area contributed by atoms with E-state index in [0.717, 1.165) is 50.5 Å². The number of aromatic amines is 1. The van der Waals surface area contributed by atoms with Gasteiger partial charge in [0.2, 0.25) is 17.7 Å². The van der Waals surface area contributed by atoms with Crippen molar-refractivity contribution >= 4 is 29.0 Å². The Labute approximate surface area is 215 Å². The van der Waals surface area contributed by atoms with Crippen molar-refractivity contribution < 1.29 is 14.3 Å². The number of hydrogen-bond donors (Lipinski definition) is 1. The predicted molar refractivity (Wildman–Crippen MR) is 140 cm³/mol. The summed E-state index contributed by atoms with van der Waals surface area (Å²) in [4.78, 5) is 19.3. The topological polar surface area (TPSA) is 116 Å². The van der Waals surface area contributed by atoms with Gasteiger partial charge in [-0.2, -0.15) is 10.2 Å². The Bertz CT molecular complexity index is 1530. The van der Waals surface area contributed by atoms with Crippen LogP contribution in [0.1, 0.15) is 49.1 Å². The van der Waals surface area contributed by atoms with E-state index in [2.05, 4.69) is 20.4 Å². The van der Waals surface area contributed by atoms with Gasteiger partial charge in [-0.05, 0) is 45.9 Å². The first-order chi connectivity index (χ1) is 17.7. The lowest BCUT2D eigenvalue weighted by molar-refractivity contribution is -0.130. The van der Waals surface area contributed by atoms with Gasteiger partial charge in [-0.15, -0.1) is 5.10 Å². The van der Waals surface area contributed by atoms with E-state index in [1.54, 1.807) is 21.2 Å². The van der Waals surface area contributed by atoms with Crippen LogP contribution in [0, 0.1) is 13.8 Å². The van der Waals surface area contributed by atoms with Crippen LogP contribution < -0.4 is 9.47 Å². The molecular weight excluding hydrogens is 472 g/mol. The van der Waals surface area contributed by atoms with E-state index >= 15 is 0 Å². The number of nitrogens with one attached hydrogen (secondary N) is 1. The summed E-state index contributed by atoms with van der Waals surface area (Å²) in [6.45, 7) is 10.5. The SMILES string of the molecule is CCOc1nn(C)c2c1/C=C/c1[nH]nc3c(C)nc(cc13)-c1c(C)nn(C)c1OC(C)CN(C(C)=O)C2. The third kappa shape index (κ3) is 4.34. The molecule has 1 atom stereocenters. The van der Waals surface area contributed by atoms with Gasteiger partial charge < -0.3 is 14.4 Å². The van der Waals surface area contributed by atoms with Gasteiger partial charge in [-0.1, -0.05) is 0 Å². The number of carbonyl (C=O) groups excluding carboxylic acids is 1. The molecule has 2 bridgehead atoms. The molecule has 1 unspecified atom stereocenters. The van der Waals surface area contributed by atoms with Crippen molar-refractivity contribution in [2.45, 2.75) is 47.3 Å². The van der Waals surface area contributed by atoms with Gasteiger partial charge in [0.1, 0.15) is 11.6 Å². The number of amides is 1. The highest BCUT2D eigenvalue weighted by Gasteiger charge is 2.25. The van der Waals surface area contributed by atoms with Crippen LogP contribution in [0.3, 0.4) is 0 Å². The minimum Gasteiger partial charge on any atom is -0.476 e. The highest BCUT2D eigenvalue weighted by Crippen LogP contribution is 2.36. The molecule has 0 spiro atoms. The van der Waals surface area contributed by atoms with E-state index in [-0.39, 0.29) is 12.0 Å². The molecule has 37 heavy (non-hydrogen) atoms. The van der Waals surface area contributed by atoms with Crippen LogP contribution in [-0.2, 0) is 25.4 Å². The van der Waals surface area contributed by atoms with Crippen LogP contribution in [0.2, 0.25) is 0 Å². The molecule has 194 valence electrons. The molecule has 5 rings (SSSR count). The number of fused-ring (bicyclic) bond motifs is 4. The molecule has 1 aliphatic heterocycles. The van der Waals surface area contributed by atoms with Gasteiger partial charge in [0.05, 0.1) is 59.3 Å². The lowest BCUT2D eigenvalue weighted by Gasteiger charge is -2.26. The highest BCUT2D eigenvalue weighted by atomic mass is 16.5. The fraction of sp³-hybridized carbons (Fsp3) is 0.423. The summed E-state index contributed by atoms with van der Waals surface area (Å²) in [5, 5.41) is 17.8. The molecular formula is C26H32N8O3. The minimum absolute atomic E-state index is 0.0607. The van der Waals surface area contributed by atoms with Crippen molar-refractivity contribution in [1.82, 2.24) is 39.6 Å². The average Bonchev–Trinajstić information content (AvgIpc) is 3.45. The number of aryl methyl sites for hydroxylation is 4. The molecule has 0 saturated carbocycles. The third-order valence-corrected chi connectivity index (χ3v) is 6.62. The largest absolute Gasteiger partial charge is 0.476 e. The fourth-order valence-corrected chi connectivity index (χ4v) is 4.85. The molecule has 0 aliphatic carbocycles. The standard InChI is InChI=1S/C26H32N8O3/c1-8-36-25-18-9-10-20-19-11-21(27-16(4)24(19)29-28-20)23-15(3)30-33(7)26(23)37-14(2)12-34(17(5)35)13-22(18)32(6)31-25/h9-11,14H,8,12-13H2,1-7H3,(H,28,29)/b10-9+. The maximum Gasteiger partial charge on any atom is 0.240 e. The lowest BCUT2D eigenvalue weighted by atomic mass is 10.1. The first-order valence-corrected chi connectivity index (χ1v) is 12.4. The Kier molecular flexibility index (Phi) is 6.22. The van der Waals surface area contributed by atoms with Gasteiger partial charge in [0, 0.05) is 26.4 Å². The van der Waals surface area contributed by atoms with Crippen molar-refractivity contribution in [3.8, 4) is 23.0 Å². The normalized spacial score (nSPS) is 16.6. The zero-order chi connectivity index (χ0) is 26.4. The van der Waals surface area contributed by atoms with E-state index in [1.165, 1.54) is 0 Å². The Hall–Kier alpha value is -4.15. The molecule has 1 N–H and O–H groups in total. The van der Waals surface area contributed by atoms with Crippen LogP contribution >= 0.6 is 0 Å². The molecule has 4 aromatic heterocycles. The Balaban J connectivity index is 1.76.